The molecule has 6 nitrogen and oxygen atoms in total. The Morgan fingerprint density at radius 2 is 2.07 bits per heavy atom. The quantitative estimate of drug-likeness (QED) is 0.553. The van der Waals surface area contributed by atoms with E-state index in [1.807, 2.05) is 0 Å². The molecule has 0 fully saturated rings. The van der Waals surface area contributed by atoms with Crippen LogP contribution in [-0.2, 0) is 4.79 Å². The Morgan fingerprint density at radius 3 is 2.75 bits per heavy atom. The van der Waals surface area contributed by atoms with Crippen LogP contribution in [0.5, 0.6) is 5.75 Å². The molecule has 0 aliphatic heterocycles. The summed E-state index contributed by atoms with van der Waals surface area (Å²) in [7, 11) is 1.49. The van der Waals surface area contributed by atoms with Gasteiger partial charge in [0.1, 0.15) is 11.8 Å². The maximum Gasteiger partial charge on any atom is 0.328 e. The van der Waals surface area contributed by atoms with Crippen LogP contribution in [0.25, 0.3) is 17.0 Å². The molecule has 3 rings (SSSR count). The van der Waals surface area contributed by atoms with Crippen LogP contribution >= 0.6 is 23.2 Å². The van der Waals surface area contributed by atoms with Crippen LogP contribution in [0.4, 0.5) is 11.4 Å². The molecule has 0 saturated heterocycles. The second-order valence-electron chi connectivity index (χ2n) is 5.70. The molecular formula is C20H13Cl2N3O3. The molecule has 2 N–H and O–H groups in total. The van der Waals surface area contributed by atoms with Crippen LogP contribution in [0, 0.1) is 11.3 Å². The number of hydrogen-bond donors (Lipinski definition) is 2. The van der Waals surface area contributed by atoms with Gasteiger partial charge in [0.05, 0.1) is 39.6 Å². The number of nitriles is 1. The number of rotatable bonds is 5. The molecule has 0 aliphatic carbocycles. The number of methoxy groups -OCH3 is 1. The van der Waals surface area contributed by atoms with Gasteiger partial charge in [-0.25, -0.2) is 4.79 Å². The van der Waals surface area contributed by atoms with Gasteiger partial charge in [0.2, 0.25) is 0 Å². The monoisotopic (exact) mass is 413 g/mol. The molecule has 1 aromatic heterocycles. The first kappa shape index (κ1) is 19.5. The predicted octanol–water partition coefficient (Wildman–Crippen LogP) is 5.26. The highest BCUT2D eigenvalue weighted by Gasteiger charge is 2.13. The average Bonchev–Trinajstić information content (AvgIpc) is 2.68. The lowest BCUT2D eigenvalue weighted by molar-refractivity contribution is -0.131. The van der Waals surface area contributed by atoms with Gasteiger partial charge in [-0.05, 0) is 23.8 Å². The second-order valence-corrected chi connectivity index (χ2v) is 6.51. The summed E-state index contributed by atoms with van der Waals surface area (Å²) in [6.45, 7) is 0. The van der Waals surface area contributed by atoms with Crippen molar-refractivity contribution >= 4 is 57.5 Å². The first-order chi connectivity index (χ1) is 13.4. The van der Waals surface area contributed by atoms with E-state index in [0.29, 0.717) is 49.2 Å². The van der Waals surface area contributed by atoms with Crippen LogP contribution in [0.15, 0.2) is 42.6 Å². The highest BCUT2D eigenvalue weighted by molar-refractivity contribution is 6.37. The number of halogens is 2. The zero-order valence-corrected chi connectivity index (χ0v) is 16.0. The molecule has 28 heavy (non-hydrogen) atoms. The molecule has 2 aromatic carbocycles. The van der Waals surface area contributed by atoms with Gasteiger partial charge in [0.15, 0.2) is 0 Å². The third-order valence-corrected chi connectivity index (χ3v) is 4.54. The van der Waals surface area contributed by atoms with Crippen LogP contribution in [0.2, 0.25) is 10.0 Å². The number of aromatic nitrogens is 1. The van der Waals surface area contributed by atoms with Crippen LogP contribution in [0.3, 0.4) is 0 Å². The lowest BCUT2D eigenvalue weighted by Crippen LogP contribution is -1.98. The number of fused-ring (bicyclic) bond motifs is 1. The standard InChI is InChI=1S/C20H13Cl2N3O3/c1-28-18-8-17(14(21)7-15(18)22)25-20-12(9-23)10-24-16-6-11(2-4-13(16)20)3-5-19(26)27/h2-8,10H,1H3,(H,24,25)(H,26,27)/b5-3+. The van der Waals surface area contributed by atoms with E-state index >= 15 is 0 Å². The van der Waals surface area contributed by atoms with Crippen molar-refractivity contribution in [2.45, 2.75) is 0 Å². The number of anilines is 2. The number of nitrogens with one attached hydrogen (secondary N) is 1. The van der Waals surface area contributed by atoms with E-state index in [1.165, 1.54) is 19.4 Å². The average molecular weight is 414 g/mol. The number of pyridine rings is 1. The highest BCUT2D eigenvalue weighted by Crippen LogP contribution is 2.37. The molecule has 8 heteroatoms. The number of benzene rings is 2. The molecule has 0 radical (unpaired) electrons. The van der Waals surface area contributed by atoms with E-state index in [4.69, 9.17) is 33.0 Å². The smallest absolute Gasteiger partial charge is 0.328 e. The van der Waals surface area contributed by atoms with Gasteiger partial charge >= 0.3 is 5.97 Å². The Hall–Kier alpha value is -3.27. The van der Waals surface area contributed by atoms with Crippen molar-refractivity contribution in [1.82, 2.24) is 4.98 Å². The lowest BCUT2D eigenvalue weighted by Gasteiger charge is -2.14. The number of nitrogens with zero attached hydrogens (tertiary/aromatic N) is 2. The Bertz CT molecular complexity index is 1150. The van der Waals surface area contributed by atoms with Crippen LogP contribution < -0.4 is 10.1 Å². The molecule has 1 heterocycles. The van der Waals surface area contributed by atoms with Gasteiger partial charge < -0.3 is 15.2 Å². The SMILES string of the molecule is COc1cc(Nc2c(C#N)cnc3cc(/C=C/C(=O)O)ccc23)c(Cl)cc1Cl. The molecule has 0 atom stereocenters. The number of carboxylic acid groups (broad SMARTS) is 1. The molecule has 0 amide bonds. The minimum Gasteiger partial charge on any atom is -0.495 e. The van der Waals surface area contributed by atoms with Crippen LogP contribution in [-0.4, -0.2) is 23.2 Å². The Morgan fingerprint density at radius 1 is 1.29 bits per heavy atom. The number of aliphatic carboxylic acids is 1. The molecule has 140 valence electrons. The summed E-state index contributed by atoms with van der Waals surface area (Å²) in [5.41, 5.74) is 2.62. The first-order valence-electron chi connectivity index (χ1n) is 7.97. The van der Waals surface area contributed by atoms with Crippen molar-refractivity contribution in [3.8, 4) is 11.8 Å². The normalized spacial score (nSPS) is 10.8. The van der Waals surface area contributed by atoms with Crippen molar-refractivity contribution in [1.29, 1.82) is 5.26 Å². The maximum atomic E-state index is 10.7. The number of ether oxygens (including phenoxy) is 1. The van der Waals surface area contributed by atoms with E-state index in [1.54, 1.807) is 30.3 Å². The van der Waals surface area contributed by atoms with Crippen molar-refractivity contribution < 1.29 is 14.6 Å². The maximum absolute atomic E-state index is 10.7. The Kier molecular flexibility index (Phi) is 5.69. The van der Waals surface area contributed by atoms with Crippen molar-refractivity contribution in [2.24, 2.45) is 0 Å². The summed E-state index contributed by atoms with van der Waals surface area (Å²) in [5, 5.41) is 22.8. The molecule has 0 spiro atoms. The van der Waals surface area contributed by atoms with Gasteiger partial charge in [-0.2, -0.15) is 5.26 Å². The van der Waals surface area contributed by atoms with E-state index in [-0.39, 0.29) is 0 Å². The van der Waals surface area contributed by atoms with Gasteiger partial charge in [0.25, 0.3) is 0 Å². The molecule has 0 saturated carbocycles. The molecular weight excluding hydrogens is 401 g/mol. The van der Waals surface area contributed by atoms with E-state index in [9.17, 15) is 10.1 Å². The van der Waals surface area contributed by atoms with E-state index in [0.717, 1.165) is 6.08 Å². The number of hydrogen-bond acceptors (Lipinski definition) is 5. The number of carboxylic acids is 1. The molecule has 0 bridgehead atoms. The summed E-state index contributed by atoms with van der Waals surface area (Å²) in [5.74, 6) is -0.604. The summed E-state index contributed by atoms with van der Waals surface area (Å²) in [6.07, 6.45) is 3.95. The third-order valence-electron chi connectivity index (χ3n) is 3.93. The van der Waals surface area contributed by atoms with E-state index < -0.39 is 5.97 Å². The Labute approximate surface area is 170 Å². The molecule has 3 aromatic rings. The van der Waals surface area contributed by atoms with Gasteiger partial charge in [-0.1, -0.05) is 35.3 Å². The van der Waals surface area contributed by atoms with Gasteiger partial charge in [-0.15, -0.1) is 0 Å². The summed E-state index contributed by atoms with van der Waals surface area (Å²) in [4.78, 5) is 15.0. The fraction of sp³-hybridized carbons (Fsp3) is 0.0500. The van der Waals surface area contributed by atoms with Gasteiger partial charge in [-0.3, -0.25) is 4.98 Å². The topological polar surface area (TPSA) is 95.2 Å². The molecule has 0 unspecified atom stereocenters. The fourth-order valence-electron chi connectivity index (χ4n) is 2.62. The largest absolute Gasteiger partial charge is 0.495 e. The van der Waals surface area contributed by atoms with Gasteiger partial charge in [0, 0.05) is 23.7 Å². The van der Waals surface area contributed by atoms with Crippen molar-refractivity contribution in [3.63, 3.8) is 0 Å². The fourth-order valence-corrected chi connectivity index (χ4v) is 3.12. The minimum absolute atomic E-state index is 0.325. The predicted molar refractivity (Wildman–Crippen MR) is 109 cm³/mol. The molecule has 0 aliphatic rings. The highest BCUT2D eigenvalue weighted by atomic mass is 35.5. The zero-order chi connectivity index (χ0) is 20.3. The third kappa shape index (κ3) is 4.01. The summed E-state index contributed by atoms with van der Waals surface area (Å²) >= 11 is 12.4. The lowest BCUT2D eigenvalue weighted by atomic mass is 10.1. The van der Waals surface area contributed by atoms with Crippen molar-refractivity contribution in [2.75, 3.05) is 12.4 Å². The minimum atomic E-state index is -1.04. The zero-order valence-electron chi connectivity index (χ0n) is 14.5. The second kappa shape index (κ2) is 8.17. The Balaban J connectivity index is 2.12. The summed E-state index contributed by atoms with van der Waals surface area (Å²) in [6, 6.07) is 10.5. The number of carbonyl (C=O) groups is 1. The first-order valence-corrected chi connectivity index (χ1v) is 8.72. The summed E-state index contributed by atoms with van der Waals surface area (Å²) < 4.78 is 5.22. The van der Waals surface area contributed by atoms with E-state index in [2.05, 4.69) is 16.4 Å². The van der Waals surface area contributed by atoms with Crippen LogP contribution in [0.1, 0.15) is 11.1 Å². The van der Waals surface area contributed by atoms with Crippen molar-refractivity contribution in [3.05, 3.63) is 63.8 Å².